The maximum atomic E-state index is 6.00. The zero-order valence-corrected chi connectivity index (χ0v) is 11.6. The molecule has 0 saturated carbocycles. The van der Waals surface area contributed by atoms with Gasteiger partial charge in [0.1, 0.15) is 0 Å². The first kappa shape index (κ1) is 13.6. The molecule has 0 aromatic heterocycles. The van der Waals surface area contributed by atoms with Crippen molar-refractivity contribution in [2.24, 2.45) is 0 Å². The largest absolute Gasteiger partial charge is 0.374 e. The molecule has 100 valence electrons. The van der Waals surface area contributed by atoms with E-state index in [4.69, 9.17) is 4.74 Å². The summed E-state index contributed by atoms with van der Waals surface area (Å²) in [7, 11) is 0. The minimum Gasteiger partial charge on any atom is -0.374 e. The van der Waals surface area contributed by atoms with Gasteiger partial charge in [-0.05, 0) is 44.7 Å². The van der Waals surface area contributed by atoms with Crippen molar-refractivity contribution in [3.63, 3.8) is 0 Å². The number of likely N-dealkylation sites (N-methyl/N-ethyl adjacent to an activating group) is 1. The highest BCUT2D eigenvalue weighted by Gasteiger charge is 2.28. The SMILES string of the molecule is CCNC(CCc1ccccc1)C1CCC(C)O1. The summed E-state index contributed by atoms with van der Waals surface area (Å²) >= 11 is 0. The summed E-state index contributed by atoms with van der Waals surface area (Å²) in [6, 6.07) is 11.2. The molecule has 0 radical (unpaired) electrons. The van der Waals surface area contributed by atoms with Gasteiger partial charge in [-0.1, -0.05) is 37.3 Å². The lowest BCUT2D eigenvalue weighted by Gasteiger charge is -2.24. The van der Waals surface area contributed by atoms with Crippen LogP contribution < -0.4 is 5.32 Å². The topological polar surface area (TPSA) is 21.3 Å². The van der Waals surface area contributed by atoms with Gasteiger partial charge in [-0.3, -0.25) is 0 Å². The highest BCUT2D eigenvalue weighted by molar-refractivity contribution is 5.14. The Hall–Kier alpha value is -0.860. The molecular formula is C16H25NO. The molecule has 3 unspecified atom stereocenters. The molecule has 0 bridgehead atoms. The fraction of sp³-hybridized carbons (Fsp3) is 0.625. The van der Waals surface area contributed by atoms with Gasteiger partial charge in [0, 0.05) is 6.04 Å². The van der Waals surface area contributed by atoms with Gasteiger partial charge in [0.2, 0.25) is 0 Å². The van der Waals surface area contributed by atoms with E-state index in [0.29, 0.717) is 18.2 Å². The van der Waals surface area contributed by atoms with Gasteiger partial charge in [0.15, 0.2) is 0 Å². The molecule has 2 nitrogen and oxygen atoms in total. The molecule has 1 fully saturated rings. The fourth-order valence-electron chi connectivity index (χ4n) is 2.78. The Morgan fingerprint density at radius 1 is 1.28 bits per heavy atom. The Kier molecular flexibility index (Phi) is 5.21. The van der Waals surface area contributed by atoms with E-state index >= 15 is 0 Å². The molecule has 1 aliphatic heterocycles. The molecule has 1 aromatic carbocycles. The van der Waals surface area contributed by atoms with Gasteiger partial charge in [-0.2, -0.15) is 0 Å². The molecule has 2 heteroatoms. The van der Waals surface area contributed by atoms with Crippen molar-refractivity contribution in [3.8, 4) is 0 Å². The minimum absolute atomic E-state index is 0.406. The van der Waals surface area contributed by atoms with Crippen LogP contribution in [-0.2, 0) is 11.2 Å². The molecular weight excluding hydrogens is 222 g/mol. The number of benzene rings is 1. The third-order valence-corrected chi connectivity index (χ3v) is 3.77. The predicted molar refractivity (Wildman–Crippen MR) is 75.8 cm³/mol. The van der Waals surface area contributed by atoms with Crippen molar-refractivity contribution in [2.75, 3.05) is 6.54 Å². The van der Waals surface area contributed by atoms with Gasteiger partial charge < -0.3 is 10.1 Å². The number of hydrogen-bond donors (Lipinski definition) is 1. The Balaban J connectivity index is 1.86. The zero-order valence-electron chi connectivity index (χ0n) is 11.6. The van der Waals surface area contributed by atoms with Crippen LogP contribution in [0.15, 0.2) is 30.3 Å². The van der Waals surface area contributed by atoms with E-state index in [2.05, 4.69) is 49.5 Å². The van der Waals surface area contributed by atoms with E-state index in [1.165, 1.54) is 18.4 Å². The van der Waals surface area contributed by atoms with Crippen LogP contribution in [0.5, 0.6) is 0 Å². The molecule has 3 atom stereocenters. The highest BCUT2D eigenvalue weighted by Crippen LogP contribution is 2.23. The molecule has 1 saturated heterocycles. The third-order valence-electron chi connectivity index (χ3n) is 3.77. The number of nitrogens with one attached hydrogen (secondary N) is 1. The van der Waals surface area contributed by atoms with Crippen LogP contribution in [0.4, 0.5) is 0 Å². The van der Waals surface area contributed by atoms with Crippen LogP contribution in [0.2, 0.25) is 0 Å². The van der Waals surface area contributed by atoms with Crippen molar-refractivity contribution in [1.82, 2.24) is 5.32 Å². The van der Waals surface area contributed by atoms with Crippen molar-refractivity contribution in [3.05, 3.63) is 35.9 Å². The number of aryl methyl sites for hydroxylation is 1. The fourth-order valence-corrected chi connectivity index (χ4v) is 2.78. The van der Waals surface area contributed by atoms with Crippen LogP contribution in [0.3, 0.4) is 0 Å². The first-order valence-corrected chi connectivity index (χ1v) is 7.22. The summed E-state index contributed by atoms with van der Waals surface area (Å²) in [5, 5.41) is 3.59. The summed E-state index contributed by atoms with van der Waals surface area (Å²) in [4.78, 5) is 0. The molecule has 1 aromatic rings. The Bertz CT molecular complexity index is 338. The van der Waals surface area contributed by atoms with E-state index in [1.807, 2.05) is 0 Å². The summed E-state index contributed by atoms with van der Waals surface area (Å²) in [6.07, 6.45) is 5.55. The first-order valence-electron chi connectivity index (χ1n) is 7.22. The minimum atomic E-state index is 0.406. The van der Waals surface area contributed by atoms with E-state index in [-0.39, 0.29) is 0 Å². The van der Waals surface area contributed by atoms with E-state index in [0.717, 1.165) is 19.4 Å². The Morgan fingerprint density at radius 3 is 2.67 bits per heavy atom. The van der Waals surface area contributed by atoms with E-state index in [9.17, 15) is 0 Å². The van der Waals surface area contributed by atoms with Crippen LogP contribution in [-0.4, -0.2) is 24.8 Å². The third kappa shape index (κ3) is 3.82. The smallest absolute Gasteiger partial charge is 0.0732 e. The van der Waals surface area contributed by atoms with Crippen molar-refractivity contribution in [2.45, 2.75) is 57.8 Å². The monoisotopic (exact) mass is 247 g/mol. The van der Waals surface area contributed by atoms with Crippen LogP contribution >= 0.6 is 0 Å². The first-order chi connectivity index (χ1) is 8.79. The Labute approximate surface area is 111 Å². The molecule has 1 heterocycles. The van der Waals surface area contributed by atoms with Crippen molar-refractivity contribution < 1.29 is 4.74 Å². The summed E-state index contributed by atoms with van der Waals surface area (Å²) in [5.41, 5.74) is 1.42. The lowest BCUT2D eigenvalue weighted by atomic mass is 9.99. The molecule has 2 rings (SSSR count). The predicted octanol–water partition coefficient (Wildman–Crippen LogP) is 3.16. The lowest BCUT2D eigenvalue weighted by molar-refractivity contribution is 0.0305. The molecule has 0 aliphatic carbocycles. The summed E-state index contributed by atoms with van der Waals surface area (Å²) in [5.74, 6) is 0. The molecule has 1 aliphatic rings. The number of ether oxygens (including phenoxy) is 1. The zero-order chi connectivity index (χ0) is 12.8. The summed E-state index contributed by atoms with van der Waals surface area (Å²) in [6.45, 7) is 5.38. The molecule has 0 spiro atoms. The second-order valence-corrected chi connectivity index (χ2v) is 5.25. The second kappa shape index (κ2) is 6.91. The summed E-state index contributed by atoms with van der Waals surface area (Å²) < 4.78 is 6.00. The Morgan fingerprint density at radius 2 is 2.06 bits per heavy atom. The highest BCUT2D eigenvalue weighted by atomic mass is 16.5. The standard InChI is InChI=1S/C16H25NO/c1-3-17-15(16-12-9-13(2)18-16)11-10-14-7-5-4-6-8-14/h4-8,13,15-17H,3,9-12H2,1-2H3. The van der Waals surface area contributed by atoms with Crippen molar-refractivity contribution in [1.29, 1.82) is 0 Å². The normalized spacial score (nSPS) is 25.2. The van der Waals surface area contributed by atoms with Crippen LogP contribution in [0.25, 0.3) is 0 Å². The van der Waals surface area contributed by atoms with E-state index < -0.39 is 0 Å². The van der Waals surface area contributed by atoms with Gasteiger partial charge in [0.05, 0.1) is 12.2 Å². The molecule has 18 heavy (non-hydrogen) atoms. The van der Waals surface area contributed by atoms with Gasteiger partial charge in [-0.25, -0.2) is 0 Å². The quantitative estimate of drug-likeness (QED) is 0.833. The lowest BCUT2D eigenvalue weighted by Crippen LogP contribution is -2.40. The van der Waals surface area contributed by atoms with Crippen molar-refractivity contribution >= 4 is 0 Å². The van der Waals surface area contributed by atoms with Gasteiger partial charge >= 0.3 is 0 Å². The average molecular weight is 247 g/mol. The van der Waals surface area contributed by atoms with Crippen LogP contribution in [0.1, 0.15) is 38.7 Å². The molecule has 1 N–H and O–H groups in total. The van der Waals surface area contributed by atoms with Crippen LogP contribution in [0, 0.1) is 0 Å². The van der Waals surface area contributed by atoms with Gasteiger partial charge in [-0.15, -0.1) is 0 Å². The van der Waals surface area contributed by atoms with E-state index in [1.54, 1.807) is 0 Å². The average Bonchev–Trinajstić information content (AvgIpc) is 2.82. The maximum Gasteiger partial charge on any atom is 0.0732 e. The van der Waals surface area contributed by atoms with Gasteiger partial charge in [0.25, 0.3) is 0 Å². The maximum absolute atomic E-state index is 6.00. The second-order valence-electron chi connectivity index (χ2n) is 5.25. The molecule has 0 amide bonds. The number of hydrogen-bond acceptors (Lipinski definition) is 2. The number of rotatable bonds is 6.